The summed E-state index contributed by atoms with van der Waals surface area (Å²) in [5.41, 5.74) is 7.28. The summed E-state index contributed by atoms with van der Waals surface area (Å²) in [6.45, 7) is 14.8. The summed E-state index contributed by atoms with van der Waals surface area (Å²) < 4.78 is 2.00. The fraction of sp³-hybridized carbons (Fsp3) is 0.294. The smallest absolute Gasteiger partial charge is 0.271 e. The van der Waals surface area contributed by atoms with Gasteiger partial charge in [-0.05, 0) is 138 Å². The van der Waals surface area contributed by atoms with Gasteiger partial charge in [0.15, 0.2) is 0 Å². The van der Waals surface area contributed by atoms with Crippen LogP contribution < -0.4 is 5.32 Å². The molecule has 0 aliphatic heterocycles. The molecule has 1 aliphatic rings. The normalized spacial score (nSPS) is 10.6. The average Bonchev–Trinajstić information content (AvgIpc) is 3.37. The van der Waals surface area contributed by atoms with E-state index in [4.69, 9.17) is 23.4 Å². The highest BCUT2D eigenvalue weighted by Gasteiger charge is 2.29. The molecule has 12 heteroatoms. The molecule has 2 heterocycles. The molecule has 1 saturated carbocycles. The molecule has 1 aliphatic carbocycles. The molecule has 0 aromatic carbocycles. The standard InChI is InChI=1S/C17H21N5O.C17H4.HN5O.8H2/c1-10(2)11(3)16(23)21-17-19-13-8-9-14(18-4)20-15(13)22(17)12-6-5-7-12;1-3-5-7-9-11-13-15-17-16-14-12-10-8-6-4-2;1-2-3-4-5-6;;;;;;;;/h8-12H,5-7H2,1-3H3,(H,19,21,23);1H,2H3;1H;8*1H/b;;2-1?,4-3+;;;;;;;;/t11-;;;;;;;;;;/m0........../s1. The predicted molar refractivity (Wildman–Crippen MR) is 191 cm³/mol. The van der Waals surface area contributed by atoms with Crippen molar-refractivity contribution in [3.8, 4) is 95.2 Å². The number of hydrogen-bond donors (Lipinski definition) is 2. The third kappa shape index (κ3) is 13.7. The van der Waals surface area contributed by atoms with E-state index in [1.54, 1.807) is 19.1 Å². The molecule has 46 heavy (non-hydrogen) atoms. The van der Waals surface area contributed by atoms with Crippen LogP contribution in [0.4, 0.5) is 11.8 Å². The van der Waals surface area contributed by atoms with Crippen LogP contribution >= 0.6 is 0 Å². The molecule has 2 aromatic heterocycles. The largest absolute Gasteiger partial charge is 0.361 e. The van der Waals surface area contributed by atoms with Gasteiger partial charge in [0, 0.05) is 28.6 Å². The number of hydrogen-bond acceptors (Lipinski definition) is 5. The topological polar surface area (TPSA) is 155 Å². The summed E-state index contributed by atoms with van der Waals surface area (Å²) in [4.78, 5) is 33.6. The molecular weight excluding hydrogens is 580 g/mol. The van der Waals surface area contributed by atoms with Crippen LogP contribution in [0.5, 0.6) is 0 Å². The second kappa shape index (κ2) is 22.5. The molecule has 1 amide bonds. The Morgan fingerprint density at radius 3 is 1.98 bits per heavy atom. The Labute approximate surface area is 280 Å². The number of terminal acetylenes is 1. The minimum atomic E-state index is -0.0867. The average molecular weight is 623 g/mol. The third-order valence-electron chi connectivity index (χ3n) is 5.79. The fourth-order valence-electron chi connectivity index (χ4n) is 3.11. The number of anilines is 1. The van der Waals surface area contributed by atoms with E-state index in [0.717, 1.165) is 18.4 Å². The monoisotopic (exact) mass is 622 g/mol. The summed E-state index contributed by atoms with van der Waals surface area (Å²) in [6.07, 6.45) is 8.16. The minimum Gasteiger partial charge on any atom is -0.361 e. The highest BCUT2D eigenvalue weighted by molar-refractivity contribution is 5.92. The Kier molecular flexibility index (Phi) is 18.0. The number of nitrogens with one attached hydrogen (secondary N) is 2. The quantitative estimate of drug-likeness (QED) is 0.112. The van der Waals surface area contributed by atoms with Gasteiger partial charge >= 0.3 is 0 Å². The maximum Gasteiger partial charge on any atom is 0.271 e. The summed E-state index contributed by atoms with van der Waals surface area (Å²) in [6, 6.07) is 3.76. The van der Waals surface area contributed by atoms with Gasteiger partial charge in [-0.25, -0.2) is 4.98 Å². The van der Waals surface area contributed by atoms with Gasteiger partial charge in [-0.1, -0.05) is 38.2 Å². The maximum atomic E-state index is 12.4. The summed E-state index contributed by atoms with van der Waals surface area (Å²) in [5.74, 6) is 38.0. The number of carbonyl (C=O) groups is 1. The van der Waals surface area contributed by atoms with Crippen LogP contribution in [0.1, 0.15) is 64.4 Å². The first-order chi connectivity index (χ1) is 22.3. The van der Waals surface area contributed by atoms with Crippen molar-refractivity contribution in [1.82, 2.24) is 14.5 Å². The first-order valence-electron chi connectivity index (χ1n) is 13.4. The number of fused-ring (bicyclic) bond motifs is 1. The lowest BCUT2D eigenvalue weighted by Crippen LogP contribution is -2.27. The Hall–Kier alpha value is -7.14. The molecule has 0 spiro atoms. The Morgan fingerprint density at radius 1 is 1.00 bits per heavy atom. The number of pyridine rings is 1. The van der Waals surface area contributed by atoms with Gasteiger partial charge in [-0.15, -0.1) is 11.3 Å². The van der Waals surface area contributed by atoms with E-state index in [1.807, 2.05) is 30.6 Å². The molecule has 2 N–H and O–H groups in total. The van der Waals surface area contributed by atoms with Crippen molar-refractivity contribution < 1.29 is 16.2 Å². The van der Waals surface area contributed by atoms with E-state index in [0.29, 0.717) is 23.5 Å². The van der Waals surface area contributed by atoms with Gasteiger partial charge in [0.2, 0.25) is 11.9 Å². The Bertz CT molecular complexity index is 2010. The zero-order chi connectivity index (χ0) is 34.0. The molecular formula is C34H42N10O2. The molecule has 1 atom stereocenters. The first kappa shape index (κ1) is 36.9. The summed E-state index contributed by atoms with van der Waals surface area (Å²) in [7, 11) is 0. The van der Waals surface area contributed by atoms with Crippen LogP contribution in [0.3, 0.4) is 0 Å². The number of carbonyl (C=O) groups excluding carboxylic acids is 1. The van der Waals surface area contributed by atoms with Crippen molar-refractivity contribution in [3.05, 3.63) is 28.5 Å². The maximum absolute atomic E-state index is 12.4. The lowest BCUT2D eigenvalue weighted by Gasteiger charge is -2.28. The van der Waals surface area contributed by atoms with Gasteiger partial charge in [0.25, 0.3) is 11.5 Å². The SMILES string of the molecule is C#CC#CC#CC#CC#CC#CC#CC#CC.N=N/N=N/N=O.[C-]#[N+]c1ccc2nc(NC(=O)[C@@H](C)C(C)C)n(C3CCC3)c2n1.[HH].[HH].[HH].[HH].[HH].[HH].[HH].[HH]. The Morgan fingerprint density at radius 2 is 1.57 bits per heavy atom. The number of nitrogens with zero attached hydrogens (tertiary/aromatic N) is 8. The van der Waals surface area contributed by atoms with Gasteiger partial charge in [-0.3, -0.25) is 14.7 Å². The third-order valence-corrected chi connectivity index (χ3v) is 5.79. The summed E-state index contributed by atoms with van der Waals surface area (Å²) >= 11 is 0. The number of rotatable bonds is 6. The number of aromatic nitrogens is 3. The van der Waals surface area contributed by atoms with E-state index in [2.05, 4.69) is 125 Å². The molecule has 0 unspecified atom stereocenters. The number of nitroso groups, excluding NO2 is 1. The van der Waals surface area contributed by atoms with Crippen LogP contribution in [0.15, 0.2) is 33.1 Å². The minimum absolute atomic E-state index is 0. The molecule has 240 valence electrons. The molecule has 0 radical (unpaired) electrons. The van der Waals surface area contributed by atoms with Gasteiger partial charge < -0.3 is 4.85 Å². The van der Waals surface area contributed by atoms with E-state index >= 15 is 0 Å². The van der Waals surface area contributed by atoms with Crippen LogP contribution in [-0.2, 0) is 4.79 Å². The second-order valence-corrected chi connectivity index (χ2v) is 8.92. The fourth-order valence-corrected chi connectivity index (χ4v) is 3.11. The van der Waals surface area contributed by atoms with Crippen molar-refractivity contribution in [1.29, 1.82) is 5.53 Å². The van der Waals surface area contributed by atoms with Gasteiger partial charge in [0.05, 0.1) is 0 Å². The van der Waals surface area contributed by atoms with Crippen molar-refractivity contribution in [2.45, 2.75) is 53.0 Å². The van der Waals surface area contributed by atoms with Crippen LogP contribution in [0.2, 0.25) is 0 Å². The zero-order valence-corrected chi connectivity index (χ0v) is 25.5. The van der Waals surface area contributed by atoms with Crippen molar-refractivity contribution in [3.63, 3.8) is 0 Å². The van der Waals surface area contributed by atoms with E-state index in [9.17, 15) is 4.79 Å². The highest BCUT2D eigenvalue weighted by Crippen LogP contribution is 2.37. The van der Waals surface area contributed by atoms with E-state index in [1.165, 1.54) is 6.42 Å². The van der Waals surface area contributed by atoms with Crippen molar-refractivity contribution in [2.75, 3.05) is 5.32 Å². The molecule has 3 rings (SSSR count). The lowest BCUT2D eigenvalue weighted by molar-refractivity contribution is -0.120. The van der Waals surface area contributed by atoms with E-state index < -0.39 is 0 Å². The van der Waals surface area contributed by atoms with Crippen LogP contribution in [-0.4, -0.2) is 20.4 Å². The number of imidazole rings is 1. The first-order valence-corrected chi connectivity index (χ1v) is 13.4. The molecule has 0 bridgehead atoms. The lowest BCUT2D eigenvalue weighted by atomic mass is 9.93. The molecule has 0 saturated heterocycles. The van der Waals surface area contributed by atoms with Crippen molar-refractivity contribution in [2.24, 2.45) is 32.8 Å². The van der Waals surface area contributed by atoms with Gasteiger partial charge in [0.1, 0.15) is 10.8 Å². The molecule has 1 fully saturated rings. The highest BCUT2D eigenvalue weighted by atomic mass is 16.3. The van der Waals surface area contributed by atoms with Crippen LogP contribution in [0.25, 0.3) is 16.0 Å². The summed E-state index contributed by atoms with van der Waals surface area (Å²) in [5, 5.41) is 12.2. The van der Waals surface area contributed by atoms with Gasteiger partial charge in [-0.2, -0.15) is 5.53 Å². The predicted octanol–water partition coefficient (Wildman–Crippen LogP) is 7.63. The number of amides is 1. The van der Waals surface area contributed by atoms with Crippen LogP contribution in [0, 0.1) is 124 Å². The molecule has 12 nitrogen and oxygen atoms in total. The second-order valence-electron chi connectivity index (χ2n) is 8.92. The Balaban J connectivity index is -0.000000103. The van der Waals surface area contributed by atoms with E-state index in [-0.39, 0.29) is 29.2 Å². The zero-order valence-electron chi connectivity index (χ0n) is 25.5. The molecule has 2 aromatic rings. The van der Waals surface area contributed by atoms with Crippen molar-refractivity contribution >= 4 is 28.8 Å².